The summed E-state index contributed by atoms with van der Waals surface area (Å²) in [6.45, 7) is 3.18. The van der Waals surface area contributed by atoms with E-state index >= 15 is 0 Å². The first-order valence-electron chi connectivity index (χ1n) is 7.16. The number of sulfonamides is 1. The number of ether oxygens (including phenoxy) is 1. The van der Waals surface area contributed by atoms with E-state index in [1.165, 1.54) is 16.4 Å². The van der Waals surface area contributed by atoms with Crippen molar-refractivity contribution in [1.29, 1.82) is 5.26 Å². The first kappa shape index (κ1) is 16.9. The summed E-state index contributed by atoms with van der Waals surface area (Å²) in [6.07, 6.45) is 0.925. The zero-order valence-electron chi connectivity index (χ0n) is 12.5. The van der Waals surface area contributed by atoms with Gasteiger partial charge in [0.15, 0.2) is 0 Å². The molecule has 7 heteroatoms. The number of aryl methyl sites for hydroxylation is 1. The van der Waals surface area contributed by atoms with Crippen LogP contribution in [0.3, 0.4) is 0 Å². The van der Waals surface area contributed by atoms with Crippen LogP contribution in [0.1, 0.15) is 18.4 Å². The normalized spacial score (nSPS) is 18.5. The van der Waals surface area contributed by atoms with E-state index < -0.39 is 15.8 Å². The number of hydrogen-bond donors (Lipinski definition) is 0. The maximum absolute atomic E-state index is 13.2. The largest absolute Gasteiger partial charge is 0.381 e. The second-order valence-corrected chi connectivity index (χ2v) is 7.32. The topological polar surface area (TPSA) is 70.4 Å². The van der Waals surface area contributed by atoms with Gasteiger partial charge in [0.2, 0.25) is 10.0 Å². The maximum Gasteiger partial charge on any atom is 0.243 e. The van der Waals surface area contributed by atoms with Crippen LogP contribution in [0.5, 0.6) is 0 Å². The number of benzene rings is 1. The molecule has 0 unspecified atom stereocenters. The lowest BCUT2D eigenvalue weighted by molar-refractivity contribution is 0.180. The van der Waals surface area contributed by atoms with Crippen molar-refractivity contribution >= 4 is 10.0 Å². The van der Waals surface area contributed by atoms with Crippen LogP contribution in [-0.2, 0) is 14.8 Å². The van der Waals surface area contributed by atoms with Crippen molar-refractivity contribution in [3.8, 4) is 6.07 Å². The van der Waals surface area contributed by atoms with E-state index in [1.54, 1.807) is 6.92 Å². The van der Waals surface area contributed by atoms with Gasteiger partial charge < -0.3 is 4.74 Å². The fourth-order valence-electron chi connectivity index (χ4n) is 2.54. The molecule has 5 nitrogen and oxygen atoms in total. The predicted molar refractivity (Wildman–Crippen MR) is 79.1 cm³/mol. The molecule has 1 heterocycles. The smallest absolute Gasteiger partial charge is 0.243 e. The van der Waals surface area contributed by atoms with E-state index in [0.29, 0.717) is 25.3 Å². The van der Waals surface area contributed by atoms with Crippen LogP contribution >= 0.6 is 0 Å². The Bertz CT molecular complexity index is 664. The number of rotatable bonds is 6. The SMILES string of the molecule is Cc1cc(F)ccc1S(=O)(=O)N(CCC#N)C[C@H]1CCOC1. The standard InChI is InChI=1S/C15H19FN2O3S/c1-12-9-14(16)3-4-15(12)22(19,20)18(7-2-6-17)10-13-5-8-21-11-13/h3-4,9,13H,2,5,7-8,10-11H2,1H3/t13-/m1/s1. The molecule has 0 amide bonds. The molecule has 0 spiro atoms. The van der Waals surface area contributed by atoms with E-state index in [1.807, 2.05) is 6.07 Å². The summed E-state index contributed by atoms with van der Waals surface area (Å²) in [4.78, 5) is 0.0887. The van der Waals surface area contributed by atoms with Gasteiger partial charge >= 0.3 is 0 Å². The number of nitrogens with zero attached hydrogens (tertiary/aromatic N) is 2. The summed E-state index contributed by atoms with van der Waals surface area (Å²) < 4.78 is 45.4. The number of nitriles is 1. The van der Waals surface area contributed by atoms with Crippen molar-refractivity contribution in [3.05, 3.63) is 29.6 Å². The maximum atomic E-state index is 13.2. The summed E-state index contributed by atoms with van der Waals surface area (Å²) >= 11 is 0. The van der Waals surface area contributed by atoms with Gasteiger partial charge in [-0.2, -0.15) is 9.57 Å². The molecule has 1 aliphatic heterocycles. The van der Waals surface area contributed by atoms with Gasteiger partial charge in [0.05, 0.1) is 17.6 Å². The molecule has 0 bridgehead atoms. The second kappa shape index (κ2) is 7.18. The molecule has 0 aromatic heterocycles. The molecule has 0 N–H and O–H groups in total. The average Bonchev–Trinajstić information content (AvgIpc) is 2.95. The van der Waals surface area contributed by atoms with Crippen LogP contribution in [0.15, 0.2) is 23.1 Å². The van der Waals surface area contributed by atoms with Crippen LogP contribution in [-0.4, -0.2) is 39.0 Å². The molecule has 2 rings (SSSR count). The molecule has 22 heavy (non-hydrogen) atoms. The highest BCUT2D eigenvalue weighted by Gasteiger charge is 2.29. The van der Waals surface area contributed by atoms with Gasteiger partial charge in [-0.05, 0) is 43.0 Å². The lowest BCUT2D eigenvalue weighted by Gasteiger charge is -2.24. The predicted octanol–water partition coefficient (Wildman–Crippen LogP) is 2.08. The lowest BCUT2D eigenvalue weighted by atomic mass is 10.1. The molecule has 0 radical (unpaired) electrons. The van der Waals surface area contributed by atoms with Gasteiger partial charge in [0.1, 0.15) is 5.82 Å². The zero-order valence-corrected chi connectivity index (χ0v) is 13.3. The molecule has 0 saturated carbocycles. The van der Waals surface area contributed by atoms with E-state index in [2.05, 4.69) is 0 Å². The molecule has 0 aliphatic carbocycles. The average molecular weight is 326 g/mol. The monoisotopic (exact) mass is 326 g/mol. The highest BCUT2D eigenvalue weighted by molar-refractivity contribution is 7.89. The van der Waals surface area contributed by atoms with Crippen LogP contribution in [0.25, 0.3) is 0 Å². The minimum absolute atomic E-state index is 0.0887. The van der Waals surface area contributed by atoms with Crippen molar-refractivity contribution < 1.29 is 17.5 Å². The van der Waals surface area contributed by atoms with Crippen LogP contribution in [0.4, 0.5) is 4.39 Å². The lowest BCUT2D eigenvalue weighted by Crippen LogP contribution is -2.36. The second-order valence-electron chi connectivity index (χ2n) is 5.41. The first-order valence-corrected chi connectivity index (χ1v) is 8.60. The van der Waals surface area contributed by atoms with Gasteiger partial charge in [0.25, 0.3) is 0 Å². The number of hydrogen-bond acceptors (Lipinski definition) is 4. The molecule has 1 aromatic rings. The van der Waals surface area contributed by atoms with E-state index in [-0.39, 0.29) is 23.8 Å². The van der Waals surface area contributed by atoms with Crippen LogP contribution < -0.4 is 0 Å². The zero-order chi connectivity index (χ0) is 16.2. The molecule has 1 atom stereocenters. The molecule has 1 aliphatic rings. The van der Waals surface area contributed by atoms with Crippen molar-refractivity contribution in [1.82, 2.24) is 4.31 Å². The highest BCUT2D eigenvalue weighted by Crippen LogP contribution is 2.24. The number of halogens is 1. The third-order valence-electron chi connectivity index (χ3n) is 3.71. The van der Waals surface area contributed by atoms with Gasteiger partial charge in [-0.25, -0.2) is 12.8 Å². The third-order valence-corrected chi connectivity index (χ3v) is 5.74. The minimum Gasteiger partial charge on any atom is -0.381 e. The Balaban J connectivity index is 2.28. The van der Waals surface area contributed by atoms with Crippen molar-refractivity contribution in [3.63, 3.8) is 0 Å². The Hall–Kier alpha value is -1.49. The van der Waals surface area contributed by atoms with E-state index in [4.69, 9.17) is 10.00 Å². The fourth-order valence-corrected chi connectivity index (χ4v) is 4.26. The third kappa shape index (κ3) is 3.83. The van der Waals surface area contributed by atoms with Gasteiger partial charge in [0, 0.05) is 26.1 Å². The van der Waals surface area contributed by atoms with Crippen LogP contribution in [0, 0.1) is 30.0 Å². The summed E-state index contributed by atoms with van der Waals surface area (Å²) in [6, 6.07) is 5.60. The summed E-state index contributed by atoms with van der Waals surface area (Å²) in [5.41, 5.74) is 0.365. The molecule has 120 valence electrons. The minimum atomic E-state index is -3.75. The fraction of sp³-hybridized carbons (Fsp3) is 0.533. The van der Waals surface area contributed by atoms with Crippen molar-refractivity contribution in [2.45, 2.75) is 24.7 Å². The first-order chi connectivity index (χ1) is 10.4. The molecule has 1 saturated heterocycles. The van der Waals surface area contributed by atoms with Gasteiger partial charge in [-0.1, -0.05) is 0 Å². The quantitative estimate of drug-likeness (QED) is 0.802. The molecule has 1 fully saturated rings. The van der Waals surface area contributed by atoms with Crippen LogP contribution in [0.2, 0.25) is 0 Å². The molecular formula is C15H19FN2O3S. The Labute approximate surface area is 130 Å². The van der Waals surface area contributed by atoms with E-state index in [9.17, 15) is 12.8 Å². The Morgan fingerprint density at radius 1 is 1.50 bits per heavy atom. The summed E-state index contributed by atoms with van der Waals surface area (Å²) in [7, 11) is -3.75. The Morgan fingerprint density at radius 2 is 2.27 bits per heavy atom. The highest BCUT2D eigenvalue weighted by atomic mass is 32.2. The van der Waals surface area contributed by atoms with Gasteiger partial charge in [-0.15, -0.1) is 0 Å². The van der Waals surface area contributed by atoms with E-state index in [0.717, 1.165) is 12.5 Å². The Morgan fingerprint density at radius 3 is 2.86 bits per heavy atom. The molecule has 1 aromatic carbocycles. The summed E-state index contributed by atoms with van der Waals surface area (Å²) in [5.74, 6) is -0.335. The van der Waals surface area contributed by atoms with Gasteiger partial charge in [-0.3, -0.25) is 0 Å². The molecular weight excluding hydrogens is 307 g/mol. The Kier molecular flexibility index (Phi) is 5.51. The van der Waals surface area contributed by atoms with Crippen molar-refractivity contribution in [2.24, 2.45) is 5.92 Å². The summed E-state index contributed by atoms with van der Waals surface area (Å²) in [5, 5.41) is 8.76. The van der Waals surface area contributed by atoms with Crippen molar-refractivity contribution in [2.75, 3.05) is 26.3 Å².